The van der Waals surface area contributed by atoms with Gasteiger partial charge < -0.3 is 9.55 Å². The van der Waals surface area contributed by atoms with E-state index >= 15 is 0 Å². The molecule has 0 aliphatic heterocycles. The number of hydrogen-bond acceptors (Lipinski definition) is 0. The molecule has 0 bridgehead atoms. The average molecular weight is 134 g/mol. The molecule has 0 aliphatic carbocycles. The maximum atomic E-state index is 3.26. The number of nitrogens with one attached hydrogen (secondary N) is 1. The minimum absolute atomic E-state index is 1.22. The summed E-state index contributed by atoms with van der Waals surface area (Å²) in [6.07, 6.45) is 2.06. The smallest absolute Gasteiger partial charge is 0.0660 e. The average Bonchev–Trinajstić information content (AvgIpc) is 2.35. The van der Waals surface area contributed by atoms with Gasteiger partial charge in [0.2, 0.25) is 0 Å². The molecule has 10 heavy (non-hydrogen) atoms. The van der Waals surface area contributed by atoms with Gasteiger partial charge in [-0.15, -0.1) is 0 Å². The van der Waals surface area contributed by atoms with Crippen molar-refractivity contribution in [3.8, 4) is 0 Å². The topological polar surface area (TPSA) is 20.7 Å². The maximum Gasteiger partial charge on any atom is 0.0660 e. The van der Waals surface area contributed by atoms with Crippen molar-refractivity contribution in [2.75, 3.05) is 0 Å². The molecule has 0 radical (unpaired) electrons. The number of aromatic nitrogens is 2. The number of fused-ring (bicyclic) bond motifs is 1. The van der Waals surface area contributed by atoms with Crippen LogP contribution in [-0.4, -0.2) is 9.55 Å². The van der Waals surface area contributed by atoms with Crippen LogP contribution in [0.1, 0.15) is 5.69 Å². The molecule has 2 nitrogen and oxygen atoms in total. The van der Waals surface area contributed by atoms with Crippen LogP contribution in [-0.2, 0) is 7.05 Å². The molecule has 0 saturated carbocycles. The highest BCUT2D eigenvalue weighted by molar-refractivity contribution is 5.77. The number of aromatic amines is 1. The summed E-state index contributed by atoms with van der Waals surface area (Å²) in [4.78, 5) is 3.26. The van der Waals surface area contributed by atoms with Gasteiger partial charge in [-0.1, -0.05) is 0 Å². The normalized spacial score (nSPS) is 11.0. The minimum Gasteiger partial charge on any atom is -0.357 e. The monoisotopic (exact) mass is 134 g/mol. The van der Waals surface area contributed by atoms with E-state index in [0.717, 1.165) is 0 Å². The van der Waals surface area contributed by atoms with Gasteiger partial charge in [0, 0.05) is 18.9 Å². The number of H-pyrrole nitrogens is 1. The summed E-state index contributed by atoms with van der Waals surface area (Å²) in [7, 11) is 2.05. The quantitative estimate of drug-likeness (QED) is 0.567. The molecule has 0 fully saturated rings. The van der Waals surface area contributed by atoms with Gasteiger partial charge in [-0.2, -0.15) is 0 Å². The Morgan fingerprint density at radius 2 is 2.30 bits per heavy atom. The Labute approximate surface area is 59.5 Å². The molecule has 0 atom stereocenters. The highest BCUT2D eigenvalue weighted by Gasteiger charge is 1.98. The van der Waals surface area contributed by atoms with Crippen molar-refractivity contribution in [2.24, 2.45) is 7.05 Å². The van der Waals surface area contributed by atoms with Gasteiger partial charge in [0.15, 0.2) is 0 Å². The van der Waals surface area contributed by atoms with Gasteiger partial charge in [-0.25, -0.2) is 0 Å². The van der Waals surface area contributed by atoms with Crippen LogP contribution in [0.25, 0.3) is 11.0 Å². The molecule has 0 aliphatic rings. The van der Waals surface area contributed by atoms with Crippen LogP contribution in [0.2, 0.25) is 0 Å². The largest absolute Gasteiger partial charge is 0.357 e. The fourth-order valence-electron chi connectivity index (χ4n) is 1.28. The third-order valence-corrected chi connectivity index (χ3v) is 1.81. The Kier molecular flexibility index (Phi) is 0.926. The van der Waals surface area contributed by atoms with Gasteiger partial charge in [0.25, 0.3) is 0 Å². The predicted octanol–water partition coefficient (Wildman–Crippen LogP) is 1.81. The van der Waals surface area contributed by atoms with Crippen LogP contribution in [0.4, 0.5) is 0 Å². The van der Waals surface area contributed by atoms with E-state index in [1.54, 1.807) is 0 Å². The van der Waals surface area contributed by atoms with E-state index < -0.39 is 0 Å². The second-order valence-corrected chi connectivity index (χ2v) is 2.68. The van der Waals surface area contributed by atoms with E-state index in [0.29, 0.717) is 0 Å². The fourth-order valence-corrected chi connectivity index (χ4v) is 1.28. The molecular formula is C8H10N2. The maximum absolute atomic E-state index is 3.26. The predicted molar refractivity (Wildman–Crippen MR) is 42.0 cm³/mol. The molecule has 2 aromatic heterocycles. The van der Waals surface area contributed by atoms with Gasteiger partial charge >= 0.3 is 0 Å². The second-order valence-electron chi connectivity index (χ2n) is 2.68. The lowest BCUT2D eigenvalue weighted by Crippen LogP contribution is -1.79. The summed E-state index contributed by atoms with van der Waals surface area (Å²) in [6, 6.07) is 4.23. The van der Waals surface area contributed by atoms with Gasteiger partial charge in [0.05, 0.1) is 11.0 Å². The second kappa shape index (κ2) is 1.66. The number of rotatable bonds is 0. The zero-order valence-electron chi connectivity index (χ0n) is 6.18. The van der Waals surface area contributed by atoms with Crippen molar-refractivity contribution >= 4 is 11.0 Å². The zero-order chi connectivity index (χ0) is 7.14. The molecule has 52 valence electrons. The van der Waals surface area contributed by atoms with E-state index in [-0.39, 0.29) is 0 Å². The Morgan fingerprint density at radius 1 is 1.50 bits per heavy atom. The van der Waals surface area contributed by atoms with Crippen molar-refractivity contribution in [3.63, 3.8) is 0 Å². The van der Waals surface area contributed by atoms with Crippen LogP contribution in [0.5, 0.6) is 0 Å². The van der Waals surface area contributed by atoms with Crippen LogP contribution in [0.15, 0.2) is 18.3 Å². The molecular weight excluding hydrogens is 124 g/mol. The van der Waals surface area contributed by atoms with Crippen molar-refractivity contribution in [2.45, 2.75) is 6.92 Å². The highest BCUT2D eigenvalue weighted by atomic mass is 14.9. The van der Waals surface area contributed by atoms with Crippen LogP contribution < -0.4 is 0 Å². The molecule has 1 N–H and O–H groups in total. The van der Waals surface area contributed by atoms with Crippen molar-refractivity contribution < 1.29 is 0 Å². The first-order chi connectivity index (χ1) is 4.77. The van der Waals surface area contributed by atoms with Crippen molar-refractivity contribution in [1.29, 1.82) is 0 Å². The first-order valence-corrected chi connectivity index (χ1v) is 3.38. The fraction of sp³-hybridized carbons (Fsp3) is 0.250. The molecule has 2 heteroatoms. The van der Waals surface area contributed by atoms with Crippen molar-refractivity contribution in [3.05, 3.63) is 24.0 Å². The van der Waals surface area contributed by atoms with Crippen molar-refractivity contribution in [1.82, 2.24) is 9.55 Å². The van der Waals surface area contributed by atoms with Crippen LogP contribution >= 0.6 is 0 Å². The number of aryl methyl sites for hydroxylation is 2. The molecule has 2 aromatic rings. The first-order valence-electron chi connectivity index (χ1n) is 3.38. The lowest BCUT2D eigenvalue weighted by Gasteiger charge is -1.86. The minimum atomic E-state index is 1.22. The van der Waals surface area contributed by atoms with Gasteiger partial charge in [0.1, 0.15) is 0 Å². The molecule has 0 aromatic carbocycles. The lowest BCUT2D eigenvalue weighted by molar-refractivity contribution is 0.969. The van der Waals surface area contributed by atoms with E-state index in [2.05, 4.69) is 41.9 Å². The molecule has 2 heterocycles. The third-order valence-electron chi connectivity index (χ3n) is 1.81. The Balaban J connectivity index is 2.90. The standard InChI is InChI=1S/C8H10N2/c1-6-5-8-7(9-6)3-4-10(8)2/h3-5,9H,1-2H3. The summed E-state index contributed by atoms with van der Waals surface area (Å²) < 4.78 is 2.11. The zero-order valence-corrected chi connectivity index (χ0v) is 6.18. The van der Waals surface area contributed by atoms with Gasteiger partial charge in [-0.05, 0) is 19.1 Å². The molecule has 2 rings (SSSR count). The Morgan fingerprint density at radius 3 is 3.00 bits per heavy atom. The number of hydrogen-bond donors (Lipinski definition) is 1. The van der Waals surface area contributed by atoms with E-state index in [1.807, 2.05) is 0 Å². The summed E-state index contributed by atoms with van der Waals surface area (Å²) >= 11 is 0. The first kappa shape index (κ1) is 5.59. The summed E-state index contributed by atoms with van der Waals surface area (Å²) in [5.41, 5.74) is 3.72. The highest BCUT2D eigenvalue weighted by Crippen LogP contribution is 2.14. The molecule has 0 spiro atoms. The van der Waals surface area contributed by atoms with E-state index in [1.165, 1.54) is 16.7 Å². The Bertz CT molecular complexity index is 354. The molecule has 0 amide bonds. The lowest BCUT2D eigenvalue weighted by atomic mass is 10.4. The van der Waals surface area contributed by atoms with Crippen LogP contribution in [0.3, 0.4) is 0 Å². The third kappa shape index (κ3) is 0.588. The molecule has 0 unspecified atom stereocenters. The van der Waals surface area contributed by atoms with E-state index in [4.69, 9.17) is 0 Å². The van der Waals surface area contributed by atoms with Gasteiger partial charge in [-0.3, -0.25) is 0 Å². The SMILES string of the molecule is Cc1cc2c(ccn2C)[nH]1. The number of nitrogens with zero attached hydrogens (tertiary/aromatic N) is 1. The summed E-state index contributed by atoms with van der Waals surface area (Å²) in [5, 5.41) is 0. The summed E-state index contributed by atoms with van der Waals surface area (Å²) in [5.74, 6) is 0. The molecule has 0 saturated heterocycles. The van der Waals surface area contributed by atoms with E-state index in [9.17, 15) is 0 Å². The Hall–Kier alpha value is -1.18. The summed E-state index contributed by atoms with van der Waals surface area (Å²) in [6.45, 7) is 2.07. The van der Waals surface area contributed by atoms with Crippen LogP contribution in [0, 0.1) is 6.92 Å².